The van der Waals surface area contributed by atoms with E-state index in [0.29, 0.717) is 11.0 Å². The van der Waals surface area contributed by atoms with E-state index < -0.39 is 10.0 Å². The van der Waals surface area contributed by atoms with Crippen molar-refractivity contribution < 1.29 is 8.42 Å². The number of rotatable bonds is 6. The molecule has 7 heteroatoms. The van der Waals surface area contributed by atoms with Gasteiger partial charge in [-0.05, 0) is 53.9 Å². The molecule has 0 aliphatic carbocycles. The molecule has 18 heavy (non-hydrogen) atoms. The molecule has 0 aliphatic heterocycles. The molecule has 0 aliphatic rings. The van der Waals surface area contributed by atoms with E-state index in [-0.39, 0.29) is 10.3 Å². The lowest BCUT2D eigenvalue weighted by Crippen LogP contribution is -2.25. The summed E-state index contributed by atoms with van der Waals surface area (Å²) in [7, 11) is -3.48. The molecular formula is C11H14Br2ClNO2S. The van der Waals surface area contributed by atoms with Crippen LogP contribution in [0.15, 0.2) is 32.0 Å². The van der Waals surface area contributed by atoms with E-state index in [4.69, 9.17) is 11.6 Å². The summed E-state index contributed by atoms with van der Waals surface area (Å²) in [6, 6.07) is 5.04. The first kappa shape index (κ1) is 16.4. The van der Waals surface area contributed by atoms with Gasteiger partial charge in [-0.15, -0.1) is 11.6 Å². The van der Waals surface area contributed by atoms with Crippen LogP contribution in [0.1, 0.15) is 19.8 Å². The zero-order valence-electron chi connectivity index (χ0n) is 9.79. The third-order valence-corrected chi connectivity index (χ3v) is 5.42. The van der Waals surface area contributed by atoms with E-state index in [1.165, 1.54) is 0 Å². The number of hydrogen-bond donors (Lipinski definition) is 1. The fraction of sp³-hybridized carbons (Fsp3) is 0.455. The topological polar surface area (TPSA) is 46.2 Å². The highest BCUT2D eigenvalue weighted by molar-refractivity contribution is 9.11. The van der Waals surface area contributed by atoms with Gasteiger partial charge in [-0.3, -0.25) is 0 Å². The van der Waals surface area contributed by atoms with Crippen LogP contribution in [-0.4, -0.2) is 20.3 Å². The van der Waals surface area contributed by atoms with Crippen LogP contribution in [0, 0.1) is 0 Å². The molecule has 3 nitrogen and oxygen atoms in total. The van der Waals surface area contributed by atoms with E-state index in [0.717, 1.165) is 17.3 Å². The van der Waals surface area contributed by atoms with Gasteiger partial charge in [-0.1, -0.05) is 15.9 Å². The monoisotopic (exact) mass is 417 g/mol. The smallest absolute Gasteiger partial charge is 0.211 e. The number of sulfonamides is 1. The van der Waals surface area contributed by atoms with Crippen LogP contribution >= 0.6 is 43.5 Å². The molecule has 1 unspecified atom stereocenters. The van der Waals surface area contributed by atoms with E-state index in [9.17, 15) is 8.42 Å². The van der Waals surface area contributed by atoms with Gasteiger partial charge >= 0.3 is 0 Å². The van der Waals surface area contributed by atoms with Crippen molar-refractivity contribution in [2.45, 2.75) is 30.0 Å². The summed E-state index contributed by atoms with van der Waals surface area (Å²) < 4.78 is 27.9. The molecule has 0 amide bonds. The summed E-state index contributed by atoms with van der Waals surface area (Å²) in [5.74, 6) is 0. The third kappa shape index (κ3) is 5.17. The maximum atomic E-state index is 12.1. The van der Waals surface area contributed by atoms with Crippen molar-refractivity contribution in [3.05, 3.63) is 27.1 Å². The molecule has 0 saturated carbocycles. The Morgan fingerprint density at radius 3 is 2.67 bits per heavy atom. The summed E-state index contributed by atoms with van der Waals surface area (Å²) in [5.41, 5.74) is 0. The van der Waals surface area contributed by atoms with Crippen LogP contribution in [-0.2, 0) is 10.0 Å². The van der Waals surface area contributed by atoms with Gasteiger partial charge in [0, 0.05) is 20.9 Å². The Hall–Kier alpha value is 0.380. The standard InChI is InChI=1S/C11H14Br2ClNO2S/c1-8(14)3-2-6-15-18(16,17)11-7-9(12)4-5-10(11)13/h4-5,7-8,15H,2-3,6H2,1H3. The normalized spacial score (nSPS) is 13.6. The molecule has 0 aromatic heterocycles. The van der Waals surface area contributed by atoms with Gasteiger partial charge in [0.2, 0.25) is 10.0 Å². The summed E-state index contributed by atoms with van der Waals surface area (Å²) in [6.07, 6.45) is 1.50. The second kappa shape index (κ2) is 7.24. The minimum atomic E-state index is -3.48. The lowest BCUT2D eigenvalue weighted by molar-refractivity contribution is 0.575. The molecule has 0 fully saturated rings. The van der Waals surface area contributed by atoms with Crippen LogP contribution in [0.3, 0.4) is 0 Å². The lowest BCUT2D eigenvalue weighted by atomic mass is 10.2. The highest BCUT2D eigenvalue weighted by Crippen LogP contribution is 2.25. The number of benzene rings is 1. The van der Waals surface area contributed by atoms with Crippen molar-refractivity contribution >= 4 is 53.5 Å². The molecule has 1 N–H and O–H groups in total. The van der Waals surface area contributed by atoms with Crippen LogP contribution < -0.4 is 4.72 Å². The highest BCUT2D eigenvalue weighted by atomic mass is 79.9. The lowest BCUT2D eigenvalue weighted by Gasteiger charge is -2.09. The predicted molar refractivity (Wildman–Crippen MR) is 81.6 cm³/mol. The van der Waals surface area contributed by atoms with Crippen molar-refractivity contribution in [2.75, 3.05) is 6.54 Å². The molecule has 0 spiro atoms. The summed E-state index contributed by atoms with van der Waals surface area (Å²) in [5, 5.41) is 0.0621. The Morgan fingerprint density at radius 2 is 2.06 bits per heavy atom. The van der Waals surface area contributed by atoms with Crippen LogP contribution in [0.2, 0.25) is 0 Å². The number of alkyl halides is 1. The molecular weight excluding hydrogens is 405 g/mol. The van der Waals surface area contributed by atoms with E-state index in [1.807, 2.05) is 6.92 Å². The van der Waals surface area contributed by atoms with Gasteiger partial charge in [0.05, 0.1) is 4.90 Å². The van der Waals surface area contributed by atoms with E-state index in [2.05, 4.69) is 36.6 Å². The molecule has 0 radical (unpaired) electrons. The molecule has 1 rings (SSSR count). The average molecular weight is 420 g/mol. The Balaban J connectivity index is 2.71. The molecule has 1 aromatic rings. The fourth-order valence-corrected chi connectivity index (χ4v) is 4.08. The SMILES string of the molecule is CC(Cl)CCCNS(=O)(=O)c1cc(Br)ccc1Br. The van der Waals surface area contributed by atoms with Crippen LogP contribution in [0.25, 0.3) is 0 Å². The fourth-order valence-electron chi connectivity index (χ4n) is 1.35. The largest absolute Gasteiger partial charge is 0.241 e. The molecule has 1 atom stereocenters. The number of hydrogen-bond acceptors (Lipinski definition) is 2. The van der Waals surface area contributed by atoms with Gasteiger partial charge in [-0.2, -0.15) is 0 Å². The third-order valence-electron chi connectivity index (χ3n) is 2.25. The molecule has 0 bridgehead atoms. The zero-order valence-corrected chi connectivity index (χ0v) is 14.5. The minimum absolute atomic E-state index is 0.0621. The van der Waals surface area contributed by atoms with Gasteiger partial charge in [0.25, 0.3) is 0 Å². The van der Waals surface area contributed by atoms with Gasteiger partial charge in [-0.25, -0.2) is 13.1 Å². The highest BCUT2D eigenvalue weighted by Gasteiger charge is 2.17. The maximum absolute atomic E-state index is 12.1. The van der Waals surface area contributed by atoms with Gasteiger partial charge in [0.1, 0.15) is 0 Å². The van der Waals surface area contributed by atoms with E-state index in [1.54, 1.807) is 18.2 Å². The molecule has 102 valence electrons. The van der Waals surface area contributed by atoms with Crippen LogP contribution in [0.4, 0.5) is 0 Å². The maximum Gasteiger partial charge on any atom is 0.241 e. The first-order valence-electron chi connectivity index (χ1n) is 5.41. The Kier molecular flexibility index (Phi) is 6.61. The van der Waals surface area contributed by atoms with Crippen molar-refractivity contribution in [3.8, 4) is 0 Å². The van der Waals surface area contributed by atoms with E-state index >= 15 is 0 Å². The van der Waals surface area contributed by atoms with Gasteiger partial charge < -0.3 is 0 Å². The minimum Gasteiger partial charge on any atom is -0.211 e. The second-order valence-corrected chi connectivity index (χ2v) is 8.15. The van der Waals surface area contributed by atoms with Crippen molar-refractivity contribution in [2.24, 2.45) is 0 Å². The zero-order chi connectivity index (χ0) is 13.8. The van der Waals surface area contributed by atoms with Crippen molar-refractivity contribution in [1.29, 1.82) is 0 Å². The molecule has 0 heterocycles. The second-order valence-electron chi connectivity index (χ2n) is 3.90. The van der Waals surface area contributed by atoms with Crippen LogP contribution in [0.5, 0.6) is 0 Å². The average Bonchev–Trinajstić information content (AvgIpc) is 2.27. The predicted octanol–water partition coefficient (Wildman–Crippen LogP) is 3.90. The van der Waals surface area contributed by atoms with Gasteiger partial charge in [0.15, 0.2) is 0 Å². The quantitative estimate of drug-likeness (QED) is 0.562. The Labute approximate surface area is 130 Å². The number of halogens is 3. The molecule has 1 aromatic carbocycles. The molecule has 0 saturated heterocycles. The first-order chi connectivity index (χ1) is 8.33. The summed E-state index contributed by atoms with van der Waals surface area (Å²) in [4.78, 5) is 0.232. The summed E-state index contributed by atoms with van der Waals surface area (Å²) >= 11 is 12.3. The Morgan fingerprint density at radius 1 is 1.39 bits per heavy atom. The summed E-state index contributed by atoms with van der Waals surface area (Å²) in [6.45, 7) is 2.28. The van der Waals surface area contributed by atoms with Crippen molar-refractivity contribution in [3.63, 3.8) is 0 Å². The Bertz CT molecular complexity index is 506. The van der Waals surface area contributed by atoms with Crippen molar-refractivity contribution in [1.82, 2.24) is 4.72 Å². The number of nitrogens with one attached hydrogen (secondary N) is 1. The first-order valence-corrected chi connectivity index (χ1v) is 8.92.